The number of carbonyl (C=O) groups is 1. The second-order valence-corrected chi connectivity index (χ2v) is 7.33. The third-order valence-electron chi connectivity index (χ3n) is 5.67. The van der Waals surface area contributed by atoms with Crippen molar-refractivity contribution in [2.24, 2.45) is 0 Å². The highest BCUT2D eigenvalue weighted by Crippen LogP contribution is 2.41. The van der Waals surface area contributed by atoms with E-state index in [0.29, 0.717) is 6.61 Å². The van der Waals surface area contributed by atoms with Gasteiger partial charge in [0.1, 0.15) is 6.61 Å². The molecule has 0 unspecified atom stereocenters. The van der Waals surface area contributed by atoms with Crippen LogP contribution in [0, 0.1) is 0 Å². The van der Waals surface area contributed by atoms with Gasteiger partial charge in [-0.2, -0.15) is 0 Å². The SMILES string of the molecule is C[C@@H](NC(=O)C1(c2ccccc2)CCCC1)[C@@H]1COc2ccccc2O1. The highest BCUT2D eigenvalue weighted by molar-refractivity contribution is 5.88. The second kappa shape index (κ2) is 7.02. The van der Waals surface area contributed by atoms with E-state index >= 15 is 0 Å². The number of para-hydroxylation sites is 2. The molecule has 1 N–H and O–H groups in total. The average Bonchev–Trinajstić information content (AvgIpc) is 3.19. The van der Waals surface area contributed by atoms with Gasteiger partial charge in [-0.3, -0.25) is 4.79 Å². The molecule has 2 aromatic rings. The van der Waals surface area contributed by atoms with Crippen molar-refractivity contribution in [2.45, 2.75) is 50.2 Å². The molecule has 26 heavy (non-hydrogen) atoms. The van der Waals surface area contributed by atoms with Crippen LogP contribution in [0.2, 0.25) is 0 Å². The van der Waals surface area contributed by atoms with Crippen LogP contribution in [-0.2, 0) is 10.2 Å². The van der Waals surface area contributed by atoms with E-state index < -0.39 is 5.41 Å². The molecule has 4 heteroatoms. The van der Waals surface area contributed by atoms with Crippen LogP contribution in [0.5, 0.6) is 11.5 Å². The summed E-state index contributed by atoms with van der Waals surface area (Å²) in [6.07, 6.45) is 3.80. The molecule has 0 radical (unpaired) electrons. The lowest BCUT2D eigenvalue weighted by Crippen LogP contribution is -2.53. The summed E-state index contributed by atoms with van der Waals surface area (Å²) >= 11 is 0. The van der Waals surface area contributed by atoms with Crippen molar-refractivity contribution in [3.05, 3.63) is 60.2 Å². The first-order chi connectivity index (χ1) is 12.7. The normalized spacial score (nSPS) is 21.8. The average molecular weight is 351 g/mol. The zero-order valence-corrected chi connectivity index (χ0v) is 15.1. The lowest BCUT2D eigenvalue weighted by molar-refractivity contribution is -0.128. The molecule has 0 aromatic heterocycles. The second-order valence-electron chi connectivity index (χ2n) is 7.33. The van der Waals surface area contributed by atoms with Crippen LogP contribution in [0.1, 0.15) is 38.2 Å². The summed E-state index contributed by atoms with van der Waals surface area (Å²) < 4.78 is 11.9. The Morgan fingerprint density at radius 3 is 2.42 bits per heavy atom. The van der Waals surface area contributed by atoms with Crippen molar-refractivity contribution in [1.82, 2.24) is 5.32 Å². The predicted molar refractivity (Wildman–Crippen MR) is 101 cm³/mol. The Bertz CT molecular complexity index is 768. The van der Waals surface area contributed by atoms with Crippen molar-refractivity contribution in [1.29, 1.82) is 0 Å². The van der Waals surface area contributed by atoms with Gasteiger partial charge in [0.25, 0.3) is 0 Å². The van der Waals surface area contributed by atoms with E-state index in [1.54, 1.807) is 0 Å². The van der Waals surface area contributed by atoms with E-state index in [1.807, 2.05) is 49.4 Å². The molecule has 4 rings (SSSR count). The quantitative estimate of drug-likeness (QED) is 0.910. The van der Waals surface area contributed by atoms with Crippen LogP contribution in [0.15, 0.2) is 54.6 Å². The number of fused-ring (bicyclic) bond motifs is 1. The highest BCUT2D eigenvalue weighted by Gasteiger charge is 2.43. The van der Waals surface area contributed by atoms with Crippen molar-refractivity contribution >= 4 is 5.91 Å². The maximum atomic E-state index is 13.3. The molecule has 1 saturated carbocycles. The standard InChI is InChI=1S/C22H25NO3/c1-16(20-15-25-18-11-5-6-12-19(18)26-20)23-21(24)22(13-7-8-14-22)17-9-3-2-4-10-17/h2-6,9-12,16,20H,7-8,13-15H2,1H3,(H,23,24)/t16-,20+/m1/s1. The van der Waals surface area contributed by atoms with Crippen LogP contribution in [0.3, 0.4) is 0 Å². The Balaban J connectivity index is 1.49. The topological polar surface area (TPSA) is 47.6 Å². The summed E-state index contributed by atoms with van der Waals surface area (Å²) in [7, 11) is 0. The van der Waals surface area contributed by atoms with Gasteiger partial charge in [-0.25, -0.2) is 0 Å². The summed E-state index contributed by atoms with van der Waals surface area (Å²) in [5.74, 6) is 1.61. The van der Waals surface area contributed by atoms with Crippen LogP contribution in [0.25, 0.3) is 0 Å². The highest BCUT2D eigenvalue weighted by atomic mass is 16.6. The number of nitrogens with one attached hydrogen (secondary N) is 1. The fraction of sp³-hybridized carbons (Fsp3) is 0.409. The molecule has 1 aliphatic carbocycles. The van der Waals surface area contributed by atoms with Crippen LogP contribution >= 0.6 is 0 Å². The number of hydrogen-bond acceptors (Lipinski definition) is 3. The fourth-order valence-corrected chi connectivity index (χ4v) is 4.10. The molecule has 1 aliphatic heterocycles. The monoisotopic (exact) mass is 351 g/mol. The Labute approximate surface area is 154 Å². The molecule has 2 aromatic carbocycles. The number of amides is 1. The number of rotatable bonds is 4. The number of hydrogen-bond donors (Lipinski definition) is 1. The first kappa shape index (κ1) is 17.0. The minimum atomic E-state index is -0.414. The Morgan fingerprint density at radius 1 is 1.04 bits per heavy atom. The van der Waals surface area contributed by atoms with E-state index in [4.69, 9.17) is 9.47 Å². The number of carbonyl (C=O) groups excluding carboxylic acids is 1. The number of benzene rings is 2. The molecule has 4 nitrogen and oxygen atoms in total. The smallest absolute Gasteiger partial charge is 0.230 e. The molecule has 1 heterocycles. The van der Waals surface area contributed by atoms with E-state index in [1.165, 1.54) is 0 Å². The first-order valence-electron chi connectivity index (χ1n) is 9.44. The van der Waals surface area contributed by atoms with E-state index in [0.717, 1.165) is 42.7 Å². The third-order valence-corrected chi connectivity index (χ3v) is 5.67. The Morgan fingerprint density at radius 2 is 1.69 bits per heavy atom. The van der Waals surface area contributed by atoms with Gasteiger partial charge >= 0.3 is 0 Å². The molecule has 0 saturated heterocycles. The largest absolute Gasteiger partial charge is 0.486 e. The minimum Gasteiger partial charge on any atom is -0.486 e. The molecular weight excluding hydrogens is 326 g/mol. The summed E-state index contributed by atoms with van der Waals surface area (Å²) in [4.78, 5) is 13.3. The molecule has 1 fully saturated rings. The lowest BCUT2D eigenvalue weighted by Gasteiger charge is -2.34. The predicted octanol–water partition coefficient (Wildman–Crippen LogP) is 3.84. The zero-order chi connectivity index (χ0) is 18.0. The number of ether oxygens (including phenoxy) is 2. The summed E-state index contributed by atoms with van der Waals surface area (Å²) in [5, 5.41) is 3.22. The van der Waals surface area contributed by atoms with E-state index in [2.05, 4.69) is 17.4 Å². The van der Waals surface area contributed by atoms with E-state index in [-0.39, 0.29) is 18.1 Å². The fourth-order valence-electron chi connectivity index (χ4n) is 4.10. The molecule has 2 atom stereocenters. The molecule has 0 spiro atoms. The molecule has 1 amide bonds. The molecule has 2 aliphatic rings. The maximum absolute atomic E-state index is 13.3. The van der Waals surface area contributed by atoms with Crippen molar-refractivity contribution < 1.29 is 14.3 Å². The van der Waals surface area contributed by atoms with Gasteiger partial charge in [-0.15, -0.1) is 0 Å². The van der Waals surface area contributed by atoms with Gasteiger partial charge in [0, 0.05) is 0 Å². The van der Waals surface area contributed by atoms with Crippen LogP contribution in [-0.4, -0.2) is 24.7 Å². The maximum Gasteiger partial charge on any atom is 0.230 e. The zero-order valence-electron chi connectivity index (χ0n) is 15.1. The summed E-state index contributed by atoms with van der Waals surface area (Å²) in [6, 6.07) is 17.7. The van der Waals surface area contributed by atoms with Gasteiger partial charge in [-0.1, -0.05) is 55.3 Å². The molecular formula is C22H25NO3. The van der Waals surface area contributed by atoms with Gasteiger partial charge in [-0.05, 0) is 37.5 Å². The first-order valence-corrected chi connectivity index (χ1v) is 9.44. The molecule has 136 valence electrons. The van der Waals surface area contributed by atoms with Crippen molar-refractivity contribution in [3.63, 3.8) is 0 Å². The summed E-state index contributed by atoms with van der Waals surface area (Å²) in [5.41, 5.74) is 0.705. The third kappa shape index (κ3) is 3.05. The van der Waals surface area contributed by atoms with Gasteiger partial charge < -0.3 is 14.8 Å². The van der Waals surface area contributed by atoms with Crippen LogP contribution in [0.4, 0.5) is 0 Å². The minimum absolute atomic E-state index is 0.108. The van der Waals surface area contributed by atoms with Gasteiger partial charge in [0.2, 0.25) is 5.91 Å². The Kier molecular flexibility index (Phi) is 4.58. The summed E-state index contributed by atoms with van der Waals surface area (Å²) in [6.45, 7) is 2.43. The van der Waals surface area contributed by atoms with Gasteiger partial charge in [0.15, 0.2) is 17.6 Å². The Hall–Kier alpha value is -2.49. The van der Waals surface area contributed by atoms with Crippen LogP contribution < -0.4 is 14.8 Å². The van der Waals surface area contributed by atoms with Crippen molar-refractivity contribution in [2.75, 3.05) is 6.61 Å². The van der Waals surface area contributed by atoms with E-state index in [9.17, 15) is 4.79 Å². The van der Waals surface area contributed by atoms with Gasteiger partial charge in [0.05, 0.1) is 11.5 Å². The molecule has 0 bridgehead atoms. The van der Waals surface area contributed by atoms with Crippen molar-refractivity contribution in [3.8, 4) is 11.5 Å². The lowest BCUT2D eigenvalue weighted by atomic mass is 9.78.